The average Bonchev–Trinajstić information content (AvgIpc) is 2.18. The minimum Gasteiger partial charge on any atom is -0.495 e. The number of nitrogens with two attached hydrogens (primary N) is 1. The minimum atomic E-state index is -0.484. The van der Waals surface area contributed by atoms with E-state index < -0.39 is 6.10 Å². The summed E-state index contributed by atoms with van der Waals surface area (Å²) in [7, 11) is 1.55. The van der Waals surface area contributed by atoms with E-state index in [1.807, 2.05) is 6.07 Å². The molecule has 14 heavy (non-hydrogen) atoms. The molecule has 1 atom stereocenters. The quantitative estimate of drug-likeness (QED) is 0.738. The SMILES string of the molecule is COc1ccc(OC(C)C#N)cc1N. The highest BCUT2D eigenvalue weighted by Gasteiger charge is 2.04. The molecule has 0 aliphatic carbocycles. The van der Waals surface area contributed by atoms with Crippen molar-refractivity contribution < 1.29 is 9.47 Å². The molecule has 0 saturated carbocycles. The summed E-state index contributed by atoms with van der Waals surface area (Å²) >= 11 is 0. The summed E-state index contributed by atoms with van der Waals surface area (Å²) in [6, 6.07) is 7.01. The first-order valence-electron chi connectivity index (χ1n) is 4.17. The third kappa shape index (κ3) is 2.30. The van der Waals surface area contributed by atoms with E-state index in [4.69, 9.17) is 20.5 Å². The Morgan fingerprint density at radius 2 is 2.21 bits per heavy atom. The van der Waals surface area contributed by atoms with Gasteiger partial charge in [0.2, 0.25) is 0 Å². The lowest BCUT2D eigenvalue weighted by molar-refractivity contribution is 0.276. The summed E-state index contributed by atoms with van der Waals surface area (Å²) in [5.41, 5.74) is 6.16. The third-order valence-electron chi connectivity index (χ3n) is 1.70. The summed E-state index contributed by atoms with van der Waals surface area (Å²) in [4.78, 5) is 0. The zero-order valence-electron chi connectivity index (χ0n) is 8.15. The number of benzene rings is 1. The van der Waals surface area contributed by atoms with Crippen molar-refractivity contribution in [1.29, 1.82) is 5.26 Å². The number of nitrogen functional groups attached to an aromatic ring is 1. The lowest BCUT2D eigenvalue weighted by atomic mass is 10.3. The van der Waals surface area contributed by atoms with E-state index in [2.05, 4.69) is 0 Å². The van der Waals surface area contributed by atoms with Gasteiger partial charge in [0.15, 0.2) is 6.10 Å². The van der Waals surface area contributed by atoms with Crippen LogP contribution in [0.1, 0.15) is 6.92 Å². The van der Waals surface area contributed by atoms with Crippen molar-refractivity contribution in [3.05, 3.63) is 18.2 Å². The zero-order valence-corrected chi connectivity index (χ0v) is 8.15. The Bertz CT molecular complexity index is 358. The zero-order chi connectivity index (χ0) is 10.6. The Kier molecular flexibility index (Phi) is 3.19. The fourth-order valence-corrected chi connectivity index (χ4v) is 1.02. The van der Waals surface area contributed by atoms with Gasteiger partial charge in [0, 0.05) is 6.07 Å². The number of ether oxygens (including phenoxy) is 2. The van der Waals surface area contributed by atoms with Gasteiger partial charge in [0.1, 0.15) is 17.6 Å². The van der Waals surface area contributed by atoms with Crippen LogP contribution < -0.4 is 15.2 Å². The van der Waals surface area contributed by atoms with Crippen molar-refractivity contribution in [3.63, 3.8) is 0 Å². The number of hydrogen-bond donors (Lipinski definition) is 1. The van der Waals surface area contributed by atoms with E-state index in [0.717, 1.165) is 0 Å². The number of nitrogens with zero attached hydrogens (tertiary/aromatic N) is 1. The molecule has 4 nitrogen and oxygen atoms in total. The number of anilines is 1. The standard InChI is InChI=1S/C10H12N2O2/c1-7(6-11)14-8-3-4-10(13-2)9(12)5-8/h3-5,7H,12H2,1-2H3. The second-order valence-electron chi connectivity index (χ2n) is 2.79. The highest BCUT2D eigenvalue weighted by atomic mass is 16.5. The summed E-state index contributed by atoms with van der Waals surface area (Å²) < 4.78 is 10.2. The topological polar surface area (TPSA) is 68.3 Å². The first kappa shape index (κ1) is 10.2. The second kappa shape index (κ2) is 4.38. The van der Waals surface area contributed by atoms with Gasteiger partial charge in [-0.05, 0) is 19.1 Å². The molecule has 0 aromatic heterocycles. The number of methoxy groups -OCH3 is 1. The average molecular weight is 192 g/mol. The molecule has 1 unspecified atom stereocenters. The molecular formula is C10H12N2O2. The maximum Gasteiger partial charge on any atom is 0.181 e. The van der Waals surface area contributed by atoms with Crippen LogP contribution in [0.2, 0.25) is 0 Å². The van der Waals surface area contributed by atoms with E-state index in [0.29, 0.717) is 17.2 Å². The van der Waals surface area contributed by atoms with Crippen LogP contribution in [-0.2, 0) is 0 Å². The molecule has 0 spiro atoms. The van der Waals surface area contributed by atoms with Gasteiger partial charge in [-0.1, -0.05) is 0 Å². The van der Waals surface area contributed by atoms with Crippen molar-refractivity contribution in [2.45, 2.75) is 13.0 Å². The first-order chi connectivity index (χ1) is 6.67. The molecule has 0 fully saturated rings. The number of nitriles is 1. The van der Waals surface area contributed by atoms with Crippen molar-refractivity contribution >= 4 is 5.69 Å². The molecule has 0 saturated heterocycles. The highest BCUT2D eigenvalue weighted by Crippen LogP contribution is 2.26. The largest absolute Gasteiger partial charge is 0.495 e. The van der Waals surface area contributed by atoms with E-state index in [1.54, 1.807) is 32.2 Å². The van der Waals surface area contributed by atoms with Crippen LogP contribution >= 0.6 is 0 Å². The van der Waals surface area contributed by atoms with Crippen molar-refractivity contribution in [1.82, 2.24) is 0 Å². The summed E-state index contributed by atoms with van der Waals surface area (Å²) in [5, 5.41) is 8.54. The molecule has 4 heteroatoms. The highest BCUT2D eigenvalue weighted by molar-refractivity contribution is 5.56. The molecule has 0 bridgehead atoms. The third-order valence-corrected chi connectivity index (χ3v) is 1.70. The fraction of sp³-hybridized carbons (Fsp3) is 0.300. The summed E-state index contributed by atoms with van der Waals surface area (Å²) in [6.07, 6.45) is -0.484. The van der Waals surface area contributed by atoms with Crippen molar-refractivity contribution in [2.75, 3.05) is 12.8 Å². The molecule has 0 aliphatic heterocycles. The molecule has 0 heterocycles. The Hall–Kier alpha value is -1.89. The predicted molar refractivity (Wildman–Crippen MR) is 53.1 cm³/mol. The van der Waals surface area contributed by atoms with Gasteiger partial charge in [0.25, 0.3) is 0 Å². The number of hydrogen-bond acceptors (Lipinski definition) is 4. The monoisotopic (exact) mass is 192 g/mol. The Labute approximate surface area is 82.9 Å². The van der Waals surface area contributed by atoms with Gasteiger partial charge in [-0.2, -0.15) is 5.26 Å². The first-order valence-corrected chi connectivity index (χ1v) is 4.17. The molecule has 74 valence electrons. The van der Waals surface area contributed by atoms with Crippen LogP contribution in [0.5, 0.6) is 11.5 Å². The van der Waals surface area contributed by atoms with Crippen LogP contribution in [0.15, 0.2) is 18.2 Å². The lowest BCUT2D eigenvalue weighted by Gasteiger charge is -2.09. The molecule has 0 aliphatic rings. The van der Waals surface area contributed by atoms with Crippen LogP contribution in [0, 0.1) is 11.3 Å². The van der Waals surface area contributed by atoms with Crippen molar-refractivity contribution in [2.24, 2.45) is 0 Å². The molecule has 1 rings (SSSR count). The number of rotatable bonds is 3. The predicted octanol–water partition coefficient (Wildman–Crippen LogP) is 1.57. The Balaban J connectivity index is 2.82. The lowest BCUT2D eigenvalue weighted by Crippen LogP contribution is -2.08. The van der Waals surface area contributed by atoms with Gasteiger partial charge in [-0.25, -0.2) is 0 Å². The Morgan fingerprint density at radius 3 is 2.71 bits per heavy atom. The van der Waals surface area contributed by atoms with Gasteiger partial charge < -0.3 is 15.2 Å². The fourth-order valence-electron chi connectivity index (χ4n) is 1.02. The van der Waals surface area contributed by atoms with Crippen LogP contribution in [0.4, 0.5) is 5.69 Å². The Morgan fingerprint density at radius 1 is 1.50 bits per heavy atom. The summed E-state index contributed by atoms with van der Waals surface area (Å²) in [6.45, 7) is 1.67. The van der Waals surface area contributed by atoms with Gasteiger partial charge in [0.05, 0.1) is 12.8 Å². The maximum atomic E-state index is 8.54. The minimum absolute atomic E-state index is 0.484. The molecular weight excluding hydrogens is 180 g/mol. The van der Waals surface area contributed by atoms with Crippen LogP contribution in [0.25, 0.3) is 0 Å². The van der Waals surface area contributed by atoms with Gasteiger partial charge >= 0.3 is 0 Å². The van der Waals surface area contributed by atoms with Crippen molar-refractivity contribution in [3.8, 4) is 17.6 Å². The summed E-state index contributed by atoms with van der Waals surface area (Å²) in [5.74, 6) is 1.17. The van der Waals surface area contributed by atoms with E-state index in [-0.39, 0.29) is 0 Å². The normalized spacial score (nSPS) is 11.5. The van der Waals surface area contributed by atoms with Crippen LogP contribution in [-0.4, -0.2) is 13.2 Å². The molecule has 0 radical (unpaired) electrons. The molecule has 1 aromatic rings. The smallest absolute Gasteiger partial charge is 0.181 e. The van der Waals surface area contributed by atoms with Gasteiger partial charge in [-0.3, -0.25) is 0 Å². The second-order valence-corrected chi connectivity index (χ2v) is 2.79. The molecule has 1 aromatic carbocycles. The molecule has 0 amide bonds. The van der Waals surface area contributed by atoms with Crippen LogP contribution in [0.3, 0.4) is 0 Å². The van der Waals surface area contributed by atoms with Gasteiger partial charge in [-0.15, -0.1) is 0 Å². The van der Waals surface area contributed by atoms with E-state index in [9.17, 15) is 0 Å². The molecule has 2 N–H and O–H groups in total. The van der Waals surface area contributed by atoms with E-state index in [1.165, 1.54) is 0 Å². The van der Waals surface area contributed by atoms with E-state index >= 15 is 0 Å². The maximum absolute atomic E-state index is 8.54.